The number of hydrogen-bond donors (Lipinski definition) is 3. The molecule has 0 aliphatic heterocycles. The van der Waals surface area contributed by atoms with Crippen LogP contribution in [0, 0.1) is 0 Å². The third kappa shape index (κ3) is 7.49. The molecule has 36 heavy (non-hydrogen) atoms. The molecule has 1 unspecified atom stereocenters. The summed E-state index contributed by atoms with van der Waals surface area (Å²) in [7, 11) is 3.17. The zero-order chi connectivity index (χ0) is 26.1. The molecule has 0 aromatic heterocycles. The first-order valence-electron chi connectivity index (χ1n) is 11.1. The molecule has 0 bridgehead atoms. The van der Waals surface area contributed by atoms with E-state index >= 15 is 0 Å². The second-order valence-corrected chi connectivity index (χ2v) is 8.86. The largest absolute Gasteiger partial charge is 0.568 e. The van der Waals surface area contributed by atoms with E-state index in [0.717, 1.165) is 5.56 Å². The van der Waals surface area contributed by atoms with Gasteiger partial charge in [0, 0.05) is 24.7 Å². The maximum absolute atomic E-state index is 13.3. The summed E-state index contributed by atoms with van der Waals surface area (Å²) in [5.74, 6) is 0.218. The van der Waals surface area contributed by atoms with E-state index < -0.39 is 23.6 Å². The third-order valence-electron chi connectivity index (χ3n) is 5.36. The van der Waals surface area contributed by atoms with Gasteiger partial charge in [-0.1, -0.05) is 30.3 Å². The number of methoxy groups -OCH3 is 1. The van der Waals surface area contributed by atoms with Crippen molar-refractivity contribution in [2.45, 2.75) is 19.4 Å². The third-order valence-corrected chi connectivity index (χ3v) is 6.16. The number of anilines is 2. The number of nitrogens with zero attached hydrogens (tertiary/aromatic N) is 1. The topological polar surface area (TPSA) is 123 Å². The maximum atomic E-state index is 13.3. The van der Waals surface area contributed by atoms with Crippen molar-refractivity contribution in [2.75, 3.05) is 23.8 Å². The smallest absolute Gasteiger partial charge is 0.358 e. The summed E-state index contributed by atoms with van der Waals surface area (Å²) in [5.41, 5.74) is 2.44. The van der Waals surface area contributed by atoms with Gasteiger partial charge in [-0.3, -0.25) is 9.59 Å². The Balaban J connectivity index is 1.68. The number of benzene rings is 3. The Kier molecular flexibility index (Phi) is 9.32. The van der Waals surface area contributed by atoms with Crippen molar-refractivity contribution < 1.29 is 23.7 Å². The molecule has 3 aromatic carbocycles. The van der Waals surface area contributed by atoms with Crippen LogP contribution in [0.4, 0.5) is 16.2 Å². The zero-order valence-electron chi connectivity index (χ0n) is 20.2. The van der Waals surface area contributed by atoms with Crippen molar-refractivity contribution in [3.05, 3.63) is 90.0 Å². The first-order valence-corrected chi connectivity index (χ1v) is 12.2. The normalized spacial score (nSPS) is 12.1. The van der Waals surface area contributed by atoms with Gasteiger partial charge in [0.25, 0.3) is 0 Å². The Morgan fingerprint density at radius 3 is 2.19 bits per heavy atom. The SMILES string of the molecule is COc1ccc(N(C)C(=O)[C@H](Cc2ccccc2)NC(=O)N[S+]([O-])Nc2ccc(C(C)=O)cc2)cc1. The molecule has 0 aliphatic carbocycles. The van der Waals surface area contributed by atoms with Gasteiger partial charge in [-0.2, -0.15) is 4.72 Å². The molecule has 0 aliphatic rings. The minimum atomic E-state index is -1.98. The second kappa shape index (κ2) is 12.6. The number of carbonyl (C=O) groups excluding carboxylic acids is 3. The highest BCUT2D eigenvalue weighted by Gasteiger charge is 2.27. The number of rotatable bonds is 10. The first-order chi connectivity index (χ1) is 17.3. The molecule has 2 atom stereocenters. The summed E-state index contributed by atoms with van der Waals surface area (Å²) in [6.07, 6.45) is 0.236. The van der Waals surface area contributed by atoms with E-state index in [1.807, 2.05) is 30.3 Å². The quantitative estimate of drug-likeness (QED) is 0.285. The Morgan fingerprint density at radius 2 is 1.61 bits per heavy atom. The monoisotopic (exact) mass is 508 g/mol. The van der Waals surface area contributed by atoms with Gasteiger partial charge in [-0.15, -0.1) is 4.72 Å². The predicted octanol–water partition coefficient (Wildman–Crippen LogP) is 3.46. The van der Waals surface area contributed by atoms with Gasteiger partial charge in [-0.25, -0.2) is 4.79 Å². The molecule has 0 fully saturated rings. The Morgan fingerprint density at radius 1 is 0.972 bits per heavy atom. The van der Waals surface area contributed by atoms with Crippen LogP contribution in [-0.2, 0) is 22.8 Å². The summed E-state index contributed by atoms with van der Waals surface area (Å²) in [6, 6.07) is 20.9. The molecular weight excluding hydrogens is 480 g/mol. The molecule has 3 rings (SSSR count). The summed E-state index contributed by atoms with van der Waals surface area (Å²) in [5, 5.41) is 2.64. The second-order valence-electron chi connectivity index (χ2n) is 7.92. The van der Waals surface area contributed by atoms with E-state index in [1.54, 1.807) is 62.7 Å². The van der Waals surface area contributed by atoms with E-state index in [0.29, 0.717) is 22.7 Å². The molecule has 0 heterocycles. The van der Waals surface area contributed by atoms with Crippen LogP contribution >= 0.6 is 0 Å². The van der Waals surface area contributed by atoms with E-state index in [1.165, 1.54) is 11.8 Å². The number of urea groups is 1. The minimum Gasteiger partial charge on any atom is -0.568 e. The van der Waals surface area contributed by atoms with E-state index in [2.05, 4.69) is 14.8 Å². The average Bonchev–Trinajstić information content (AvgIpc) is 2.88. The van der Waals surface area contributed by atoms with Crippen LogP contribution < -0.4 is 24.4 Å². The molecule has 0 radical (unpaired) electrons. The van der Waals surface area contributed by atoms with Gasteiger partial charge >= 0.3 is 6.03 Å². The highest BCUT2D eigenvalue weighted by molar-refractivity contribution is 7.91. The number of Topliss-reactive ketones (excluding diaryl/α,β-unsaturated/α-hetero) is 1. The van der Waals surface area contributed by atoms with Gasteiger partial charge in [-0.05, 0) is 61.0 Å². The van der Waals surface area contributed by atoms with Gasteiger partial charge in [0.05, 0.1) is 12.8 Å². The lowest BCUT2D eigenvalue weighted by molar-refractivity contribution is -0.120. The fourth-order valence-electron chi connectivity index (χ4n) is 3.39. The van der Waals surface area contributed by atoms with Crippen molar-refractivity contribution in [2.24, 2.45) is 0 Å². The molecule has 3 N–H and O–H groups in total. The van der Waals surface area contributed by atoms with Crippen LogP contribution in [0.2, 0.25) is 0 Å². The van der Waals surface area contributed by atoms with Crippen molar-refractivity contribution >= 4 is 40.6 Å². The van der Waals surface area contributed by atoms with Crippen molar-refractivity contribution in [3.8, 4) is 5.75 Å². The standard InChI is InChI=1S/C26H28N4O5S/c1-18(31)20-9-11-21(12-10-20)28-36(34)29-26(33)27-24(17-19-7-5-4-6-8-19)25(32)30(2)22-13-15-23(35-3)16-14-22/h4-16,24,28H,17H2,1-3H3,(H2,27,29,33)/t24-,36?/m0/s1. The van der Waals surface area contributed by atoms with Gasteiger partial charge < -0.3 is 19.5 Å². The number of ether oxygens (including phenoxy) is 1. The minimum absolute atomic E-state index is 0.0890. The Labute approximate surface area is 213 Å². The number of nitrogens with one attached hydrogen (secondary N) is 3. The van der Waals surface area contributed by atoms with Gasteiger partial charge in [0.2, 0.25) is 5.91 Å². The van der Waals surface area contributed by atoms with Crippen molar-refractivity contribution in [1.82, 2.24) is 10.0 Å². The van der Waals surface area contributed by atoms with Crippen LogP contribution in [0.25, 0.3) is 0 Å². The molecule has 0 spiro atoms. The number of carbonyl (C=O) groups is 3. The highest BCUT2D eigenvalue weighted by Crippen LogP contribution is 2.19. The number of hydrogen-bond acceptors (Lipinski definition) is 6. The lowest BCUT2D eigenvalue weighted by Crippen LogP contribution is -2.53. The summed E-state index contributed by atoms with van der Waals surface area (Å²) < 4.78 is 22.5. The molecule has 0 saturated carbocycles. The summed E-state index contributed by atoms with van der Waals surface area (Å²) in [6.45, 7) is 1.45. The molecule has 10 heteroatoms. The van der Waals surface area contributed by atoms with Crippen molar-refractivity contribution in [1.29, 1.82) is 0 Å². The average molecular weight is 509 g/mol. The lowest BCUT2D eigenvalue weighted by Gasteiger charge is -2.25. The van der Waals surface area contributed by atoms with Crippen LogP contribution in [0.5, 0.6) is 5.75 Å². The number of likely N-dealkylation sites (N-methyl/N-ethyl adjacent to an activating group) is 1. The Hall–Kier alpha value is -4.02. The van der Waals surface area contributed by atoms with Crippen LogP contribution in [0.3, 0.4) is 0 Å². The molecular formula is C26H28N4O5S. The molecule has 9 nitrogen and oxygen atoms in total. The van der Waals surface area contributed by atoms with Crippen LogP contribution in [-0.4, -0.2) is 42.5 Å². The van der Waals surface area contributed by atoms with Gasteiger partial charge in [0.15, 0.2) is 17.3 Å². The van der Waals surface area contributed by atoms with Crippen molar-refractivity contribution in [3.63, 3.8) is 0 Å². The predicted molar refractivity (Wildman–Crippen MR) is 140 cm³/mol. The molecule has 0 saturated heterocycles. The first kappa shape index (κ1) is 26.6. The van der Waals surface area contributed by atoms with E-state index in [-0.39, 0.29) is 18.1 Å². The van der Waals surface area contributed by atoms with Gasteiger partial charge in [0.1, 0.15) is 11.8 Å². The number of amides is 3. The number of ketones is 1. The van der Waals surface area contributed by atoms with E-state index in [4.69, 9.17) is 4.74 Å². The van der Waals surface area contributed by atoms with E-state index in [9.17, 15) is 18.9 Å². The molecule has 3 amide bonds. The zero-order valence-corrected chi connectivity index (χ0v) is 21.0. The fraction of sp³-hybridized carbons (Fsp3) is 0.192. The Bertz CT molecular complexity index is 1170. The van der Waals surface area contributed by atoms with Crippen LogP contribution in [0.1, 0.15) is 22.8 Å². The van der Waals surface area contributed by atoms with Crippen LogP contribution in [0.15, 0.2) is 78.9 Å². The lowest BCUT2D eigenvalue weighted by atomic mass is 10.0. The summed E-state index contributed by atoms with van der Waals surface area (Å²) >= 11 is -1.98. The fourth-order valence-corrected chi connectivity index (χ4v) is 4.02. The molecule has 3 aromatic rings. The maximum Gasteiger partial charge on any atom is 0.358 e. The molecule has 188 valence electrons. The summed E-state index contributed by atoms with van der Waals surface area (Å²) in [4.78, 5) is 38.8. The highest BCUT2D eigenvalue weighted by atomic mass is 32.2.